The average molecular weight is 312 g/mol. The zero-order chi connectivity index (χ0) is 16.3. The molecule has 0 aliphatic heterocycles. The number of aromatic nitrogens is 2. The first-order chi connectivity index (χ1) is 11.3. The summed E-state index contributed by atoms with van der Waals surface area (Å²) in [6, 6.07) is 10.2. The fourth-order valence-corrected chi connectivity index (χ4v) is 2.18. The highest BCUT2D eigenvalue weighted by atomic mass is 16.1. The highest BCUT2D eigenvalue weighted by Gasteiger charge is 2.06. The van der Waals surface area contributed by atoms with Gasteiger partial charge in [-0.05, 0) is 18.4 Å². The summed E-state index contributed by atoms with van der Waals surface area (Å²) < 4.78 is 0. The lowest BCUT2D eigenvalue weighted by Crippen LogP contribution is -2.24. The summed E-state index contributed by atoms with van der Waals surface area (Å²) in [5, 5.41) is 6.04. The van der Waals surface area contributed by atoms with Gasteiger partial charge >= 0.3 is 0 Å². The van der Waals surface area contributed by atoms with E-state index in [1.54, 1.807) is 12.4 Å². The van der Waals surface area contributed by atoms with Crippen LogP contribution in [0.1, 0.15) is 42.1 Å². The minimum absolute atomic E-state index is 0.114. The molecule has 2 aromatic rings. The van der Waals surface area contributed by atoms with Gasteiger partial charge in [-0.25, -0.2) is 9.97 Å². The van der Waals surface area contributed by atoms with Gasteiger partial charge in [0, 0.05) is 25.5 Å². The number of carbonyl (C=O) groups is 1. The molecule has 2 N–H and O–H groups in total. The van der Waals surface area contributed by atoms with Crippen LogP contribution in [0, 0.1) is 0 Å². The maximum Gasteiger partial charge on any atom is 0.254 e. The topological polar surface area (TPSA) is 66.9 Å². The Morgan fingerprint density at radius 3 is 2.48 bits per heavy atom. The van der Waals surface area contributed by atoms with Gasteiger partial charge in [0.2, 0.25) is 5.95 Å². The lowest BCUT2D eigenvalue weighted by molar-refractivity contribution is 0.0952. The summed E-state index contributed by atoms with van der Waals surface area (Å²) in [5.41, 5.74) is 1.76. The molecule has 23 heavy (non-hydrogen) atoms. The van der Waals surface area contributed by atoms with E-state index in [9.17, 15) is 4.79 Å². The van der Waals surface area contributed by atoms with Gasteiger partial charge in [0.15, 0.2) is 0 Å². The second kappa shape index (κ2) is 9.56. The Balaban J connectivity index is 1.74. The van der Waals surface area contributed by atoms with E-state index in [1.165, 1.54) is 5.56 Å². The van der Waals surface area contributed by atoms with Gasteiger partial charge in [-0.2, -0.15) is 0 Å². The van der Waals surface area contributed by atoms with E-state index in [0.29, 0.717) is 18.1 Å². The number of nitrogens with one attached hydrogen (secondary N) is 2. The predicted octanol–water partition coefficient (Wildman–Crippen LogP) is 3.05. The first-order valence-corrected chi connectivity index (χ1v) is 8.17. The van der Waals surface area contributed by atoms with Crippen LogP contribution in [0.2, 0.25) is 0 Å². The third-order valence-corrected chi connectivity index (χ3v) is 3.52. The van der Waals surface area contributed by atoms with Crippen LogP contribution in [0.5, 0.6) is 0 Å². The zero-order valence-corrected chi connectivity index (χ0v) is 13.6. The minimum atomic E-state index is -0.114. The average Bonchev–Trinajstić information content (AvgIpc) is 2.60. The van der Waals surface area contributed by atoms with Crippen molar-refractivity contribution in [3.63, 3.8) is 0 Å². The van der Waals surface area contributed by atoms with Crippen LogP contribution in [0.15, 0.2) is 42.7 Å². The van der Waals surface area contributed by atoms with E-state index in [-0.39, 0.29) is 5.91 Å². The first-order valence-electron chi connectivity index (χ1n) is 8.17. The van der Waals surface area contributed by atoms with Gasteiger partial charge < -0.3 is 10.6 Å². The van der Waals surface area contributed by atoms with Crippen molar-refractivity contribution in [1.82, 2.24) is 15.3 Å². The summed E-state index contributed by atoms with van der Waals surface area (Å²) in [5.74, 6) is 0.431. The molecule has 0 spiro atoms. The zero-order valence-electron chi connectivity index (χ0n) is 13.6. The molecule has 0 atom stereocenters. The molecule has 5 nitrogen and oxygen atoms in total. The number of unbranched alkanes of at least 4 members (excludes halogenated alkanes) is 2. The van der Waals surface area contributed by atoms with Crippen LogP contribution < -0.4 is 10.6 Å². The lowest BCUT2D eigenvalue weighted by atomic mass is 10.1. The van der Waals surface area contributed by atoms with Crippen molar-refractivity contribution in [2.24, 2.45) is 0 Å². The number of benzene rings is 1. The Morgan fingerprint density at radius 2 is 1.78 bits per heavy atom. The molecule has 1 aromatic carbocycles. The Bertz CT molecular complexity index is 584. The third kappa shape index (κ3) is 6.06. The van der Waals surface area contributed by atoms with E-state index >= 15 is 0 Å². The Morgan fingerprint density at radius 1 is 1.04 bits per heavy atom. The molecule has 0 unspecified atom stereocenters. The third-order valence-electron chi connectivity index (χ3n) is 3.52. The van der Waals surface area contributed by atoms with E-state index in [4.69, 9.17) is 0 Å². The normalized spacial score (nSPS) is 10.3. The smallest absolute Gasteiger partial charge is 0.254 e. The summed E-state index contributed by atoms with van der Waals surface area (Å²) in [7, 11) is 0. The molecular formula is C18H24N4O. The second-order valence-corrected chi connectivity index (χ2v) is 5.42. The van der Waals surface area contributed by atoms with Crippen LogP contribution in [0.3, 0.4) is 0 Å². The number of hydrogen-bond donors (Lipinski definition) is 2. The highest BCUT2D eigenvalue weighted by molar-refractivity contribution is 5.93. The first kappa shape index (κ1) is 16.9. The van der Waals surface area contributed by atoms with Gasteiger partial charge in [0.1, 0.15) is 0 Å². The van der Waals surface area contributed by atoms with Crippen molar-refractivity contribution in [3.8, 4) is 0 Å². The molecule has 1 aromatic heterocycles. The van der Waals surface area contributed by atoms with Crippen LogP contribution >= 0.6 is 0 Å². The summed E-state index contributed by atoms with van der Waals surface area (Å²) in [6.07, 6.45) is 7.30. The number of carbonyl (C=O) groups excluding carboxylic acids is 1. The Hall–Kier alpha value is -2.43. The predicted molar refractivity (Wildman–Crippen MR) is 92.5 cm³/mol. The second-order valence-electron chi connectivity index (χ2n) is 5.42. The number of nitrogens with zero attached hydrogens (tertiary/aromatic N) is 2. The van der Waals surface area contributed by atoms with Crippen LogP contribution in [0.4, 0.5) is 5.95 Å². The SMILES string of the molecule is CCCCCNC(=O)c1cnc(NCCc2ccccc2)nc1. The van der Waals surface area contributed by atoms with E-state index < -0.39 is 0 Å². The minimum Gasteiger partial charge on any atom is -0.354 e. The Kier molecular flexibility index (Phi) is 7.04. The number of amides is 1. The van der Waals surface area contributed by atoms with E-state index in [0.717, 1.165) is 32.2 Å². The van der Waals surface area contributed by atoms with Crippen molar-refractivity contribution < 1.29 is 4.79 Å². The van der Waals surface area contributed by atoms with Gasteiger partial charge in [-0.1, -0.05) is 50.1 Å². The quantitative estimate of drug-likeness (QED) is 0.698. The molecule has 0 aliphatic rings. The van der Waals surface area contributed by atoms with Crippen molar-refractivity contribution in [3.05, 3.63) is 53.9 Å². The van der Waals surface area contributed by atoms with Crippen molar-refractivity contribution in [2.75, 3.05) is 18.4 Å². The van der Waals surface area contributed by atoms with Gasteiger partial charge in [-0.15, -0.1) is 0 Å². The van der Waals surface area contributed by atoms with Gasteiger partial charge in [-0.3, -0.25) is 4.79 Å². The van der Waals surface area contributed by atoms with E-state index in [1.807, 2.05) is 18.2 Å². The molecule has 0 aliphatic carbocycles. The van der Waals surface area contributed by atoms with Crippen molar-refractivity contribution >= 4 is 11.9 Å². The lowest BCUT2D eigenvalue weighted by Gasteiger charge is -2.06. The monoisotopic (exact) mass is 312 g/mol. The molecule has 0 fully saturated rings. The fourth-order valence-electron chi connectivity index (χ4n) is 2.18. The number of hydrogen-bond acceptors (Lipinski definition) is 4. The largest absolute Gasteiger partial charge is 0.354 e. The molecule has 2 rings (SSSR count). The van der Waals surface area contributed by atoms with Crippen molar-refractivity contribution in [1.29, 1.82) is 0 Å². The fraction of sp³-hybridized carbons (Fsp3) is 0.389. The molecule has 1 amide bonds. The molecule has 5 heteroatoms. The molecule has 0 saturated heterocycles. The summed E-state index contributed by atoms with van der Waals surface area (Å²) in [4.78, 5) is 20.3. The number of rotatable bonds is 9. The molecule has 0 saturated carbocycles. The molecule has 0 bridgehead atoms. The van der Waals surface area contributed by atoms with Crippen LogP contribution in [-0.4, -0.2) is 29.0 Å². The maximum atomic E-state index is 11.9. The van der Waals surface area contributed by atoms with Crippen LogP contribution in [-0.2, 0) is 6.42 Å². The van der Waals surface area contributed by atoms with Crippen LogP contribution in [0.25, 0.3) is 0 Å². The molecule has 0 radical (unpaired) electrons. The summed E-state index contributed by atoms with van der Waals surface area (Å²) in [6.45, 7) is 3.59. The standard InChI is InChI=1S/C18H24N4O/c1-2-3-7-11-19-17(23)16-13-21-18(22-14-16)20-12-10-15-8-5-4-6-9-15/h4-6,8-9,13-14H,2-3,7,10-12H2,1H3,(H,19,23)(H,20,21,22). The highest BCUT2D eigenvalue weighted by Crippen LogP contribution is 2.03. The Labute approximate surface area is 137 Å². The van der Waals surface area contributed by atoms with Gasteiger partial charge in [0.25, 0.3) is 5.91 Å². The van der Waals surface area contributed by atoms with Crippen molar-refractivity contribution in [2.45, 2.75) is 32.6 Å². The van der Waals surface area contributed by atoms with Gasteiger partial charge in [0.05, 0.1) is 5.56 Å². The number of anilines is 1. The maximum absolute atomic E-state index is 11.9. The molecular weight excluding hydrogens is 288 g/mol. The molecule has 122 valence electrons. The van der Waals surface area contributed by atoms with E-state index in [2.05, 4.69) is 39.7 Å². The summed E-state index contributed by atoms with van der Waals surface area (Å²) >= 11 is 0. The molecule has 1 heterocycles.